The summed E-state index contributed by atoms with van der Waals surface area (Å²) >= 11 is 7.21. The number of amides is 1. The van der Waals surface area contributed by atoms with Gasteiger partial charge in [-0.05, 0) is 19.1 Å². The van der Waals surface area contributed by atoms with Crippen LogP contribution in [0.15, 0.2) is 17.1 Å². The highest BCUT2D eigenvalue weighted by Crippen LogP contribution is 2.26. The Kier molecular flexibility index (Phi) is 8.98. The zero-order chi connectivity index (χ0) is 17.2. The Balaban J connectivity index is 2.42. The van der Waals surface area contributed by atoms with Gasteiger partial charge in [-0.15, -0.1) is 11.3 Å². The molecule has 0 saturated heterocycles. The van der Waals surface area contributed by atoms with Crippen molar-refractivity contribution in [3.8, 4) is 0 Å². The number of hydrogen-bond donors (Lipinski definition) is 4. The van der Waals surface area contributed by atoms with E-state index in [1.807, 2.05) is 20.8 Å². The molecule has 1 amide bonds. The minimum atomic E-state index is -0.677. The van der Waals surface area contributed by atoms with Crippen LogP contribution < -0.4 is 16.0 Å². The standard InChI is InChI=1S/C15H25ClN4O2S/c1-4-17-15(19-8-7-18-14(22)10(2)3)20-9-11(21)12-5-6-13(16)23-12/h5-6,10-11,21H,4,7-9H2,1-3H3,(H,18,22)(H2,17,19,20). The Labute approximate surface area is 146 Å². The van der Waals surface area contributed by atoms with Gasteiger partial charge in [0, 0.05) is 30.4 Å². The van der Waals surface area contributed by atoms with Gasteiger partial charge in [-0.25, -0.2) is 0 Å². The van der Waals surface area contributed by atoms with Crippen LogP contribution in [0.3, 0.4) is 0 Å². The van der Waals surface area contributed by atoms with Gasteiger partial charge >= 0.3 is 0 Å². The third-order valence-corrected chi connectivity index (χ3v) is 4.26. The normalized spacial score (nSPS) is 13.0. The Morgan fingerprint density at radius 3 is 2.57 bits per heavy atom. The van der Waals surface area contributed by atoms with Crippen LogP contribution in [0, 0.1) is 5.92 Å². The SMILES string of the molecule is CCNC(=NCC(O)c1ccc(Cl)s1)NCCNC(=O)C(C)C. The molecule has 0 aromatic carbocycles. The third-order valence-electron chi connectivity index (χ3n) is 2.93. The van der Waals surface area contributed by atoms with Gasteiger partial charge in [0.2, 0.25) is 5.91 Å². The van der Waals surface area contributed by atoms with Crippen LogP contribution >= 0.6 is 22.9 Å². The van der Waals surface area contributed by atoms with Crippen LogP contribution in [0.25, 0.3) is 0 Å². The first-order valence-corrected chi connectivity index (χ1v) is 8.86. The molecule has 1 aromatic heterocycles. The van der Waals surface area contributed by atoms with E-state index in [4.69, 9.17) is 11.6 Å². The van der Waals surface area contributed by atoms with Crippen molar-refractivity contribution < 1.29 is 9.90 Å². The Hall–Kier alpha value is -1.31. The lowest BCUT2D eigenvalue weighted by Crippen LogP contribution is -2.42. The van der Waals surface area contributed by atoms with Gasteiger partial charge in [0.05, 0.1) is 10.9 Å². The maximum Gasteiger partial charge on any atom is 0.222 e. The van der Waals surface area contributed by atoms with E-state index in [9.17, 15) is 9.90 Å². The topological polar surface area (TPSA) is 85.8 Å². The zero-order valence-electron chi connectivity index (χ0n) is 13.7. The summed E-state index contributed by atoms with van der Waals surface area (Å²) in [4.78, 5) is 16.6. The number of rotatable bonds is 8. The minimum absolute atomic E-state index is 0.0235. The van der Waals surface area contributed by atoms with Gasteiger partial charge in [-0.2, -0.15) is 0 Å². The maximum atomic E-state index is 11.5. The molecular formula is C15H25ClN4O2S. The lowest BCUT2D eigenvalue weighted by atomic mass is 10.2. The Morgan fingerprint density at radius 2 is 2.00 bits per heavy atom. The number of aliphatic hydroxyl groups excluding tert-OH is 1. The molecule has 0 bridgehead atoms. The van der Waals surface area contributed by atoms with Crippen molar-refractivity contribution in [3.05, 3.63) is 21.3 Å². The maximum absolute atomic E-state index is 11.5. The molecule has 1 heterocycles. The molecule has 1 unspecified atom stereocenters. The van der Waals surface area contributed by atoms with Gasteiger partial charge in [0.1, 0.15) is 6.10 Å². The van der Waals surface area contributed by atoms with Gasteiger partial charge in [-0.3, -0.25) is 9.79 Å². The number of nitrogens with zero attached hydrogens (tertiary/aromatic N) is 1. The van der Waals surface area contributed by atoms with Crippen LogP contribution in [0.2, 0.25) is 4.34 Å². The molecule has 23 heavy (non-hydrogen) atoms. The highest BCUT2D eigenvalue weighted by molar-refractivity contribution is 7.16. The average molecular weight is 361 g/mol. The van der Waals surface area contributed by atoms with Crippen LogP contribution in [-0.4, -0.2) is 43.2 Å². The van der Waals surface area contributed by atoms with Crippen LogP contribution in [-0.2, 0) is 4.79 Å². The van der Waals surface area contributed by atoms with E-state index in [0.717, 1.165) is 4.88 Å². The monoisotopic (exact) mass is 360 g/mol. The second-order valence-corrected chi connectivity index (χ2v) is 7.00. The first-order chi connectivity index (χ1) is 10.9. The second-order valence-electron chi connectivity index (χ2n) is 5.25. The number of carbonyl (C=O) groups excluding carboxylic acids is 1. The summed E-state index contributed by atoms with van der Waals surface area (Å²) in [5.41, 5.74) is 0. The smallest absolute Gasteiger partial charge is 0.222 e. The Bertz CT molecular complexity index is 519. The molecule has 8 heteroatoms. The molecule has 0 spiro atoms. The van der Waals surface area contributed by atoms with E-state index >= 15 is 0 Å². The molecule has 130 valence electrons. The lowest BCUT2D eigenvalue weighted by Gasteiger charge is -2.13. The number of thiophene rings is 1. The summed E-state index contributed by atoms with van der Waals surface area (Å²) in [6.45, 7) is 7.71. The van der Waals surface area contributed by atoms with Crippen molar-refractivity contribution in [2.24, 2.45) is 10.9 Å². The van der Waals surface area contributed by atoms with E-state index in [-0.39, 0.29) is 18.4 Å². The van der Waals surface area contributed by atoms with Crippen LogP contribution in [0.1, 0.15) is 31.8 Å². The predicted molar refractivity (Wildman–Crippen MR) is 96.1 cm³/mol. The first-order valence-electron chi connectivity index (χ1n) is 7.67. The molecule has 6 nitrogen and oxygen atoms in total. The highest BCUT2D eigenvalue weighted by Gasteiger charge is 2.10. The Morgan fingerprint density at radius 1 is 1.30 bits per heavy atom. The lowest BCUT2D eigenvalue weighted by molar-refractivity contribution is -0.123. The van der Waals surface area contributed by atoms with Gasteiger partial charge in [0.25, 0.3) is 0 Å². The van der Waals surface area contributed by atoms with Crippen LogP contribution in [0.4, 0.5) is 0 Å². The first kappa shape index (κ1) is 19.7. The third kappa shape index (κ3) is 7.67. The molecular weight excluding hydrogens is 336 g/mol. The molecule has 0 aliphatic heterocycles. The van der Waals surface area contributed by atoms with E-state index in [2.05, 4.69) is 20.9 Å². The van der Waals surface area contributed by atoms with Crippen molar-refractivity contribution in [1.82, 2.24) is 16.0 Å². The summed E-state index contributed by atoms with van der Waals surface area (Å²) in [6.07, 6.45) is -0.677. The van der Waals surface area contributed by atoms with Crippen molar-refractivity contribution in [2.45, 2.75) is 26.9 Å². The van der Waals surface area contributed by atoms with Gasteiger partial charge in [-0.1, -0.05) is 25.4 Å². The molecule has 0 aliphatic carbocycles. The molecule has 0 fully saturated rings. The summed E-state index contributed by atoms with van der Waals surface area (Å²) in [5.74, 6) is 0.608. The van der Waals surface area contributed by atoms with Crippen molar-refractivity contribution >= 4 is 34.8 Å². The second kappa shape index (κ2) is 10.5. The number of aliphatic imine (C=N–C) groups is 1. The number of aliphatic hydroxyl groups is 1. The molecule has 4 N–H and O–H groups in total. The largest absolute Gasteiger partial charge is 0.386 e. The number of guanidine groups is 1. The summed E-state index contributed by atoms with van der Waals surface area (Å²) in [5, 5.41) is 19.1. The fraction of sp³-hybridized carbons (Fsp3) is 0.600. The molecule has 1 rings (SSSR count). The molecule has 0 radical (unpaired) electrons. The van der Waals surface area contributed by atoms with Crippen molar-refractivity contribution in [3.63, 3.8) is 0 Å². The number of carbonyl (C=O) groups is 1. The number of hydrogen-bond acceptors (Lipinski definition) is 4. The molecule has 1 atom stereocenters. The summed E-state index contributed by atoms with van der Waals surface area (Å²) in [7, 11) is 0. The average Bonchev–Trinajstić information content (AvgIpc) is 2.94. The summed E-state index contributed by atoms with van der Waals surface area (Å²) in [6, 6.07) is 3.56. The van der Waals surface area contributed by atoms with Crippen LogP contribution in [0.5, 0.6) is 0 Å². The van der Waals surface area contributed by atoms with E-state index in [1.54, 1.807) is 12.1 Å². The quantitative estimate of drug-likeness (QED) is 0.323. The van der Waals surface area contributed by atoms with Crippen molar-refractivity contribution in [1.29, 1.82) is 0 Å². The zero-order valence-corrected chi connectivity index (χ0v) is 15.3. The van der Waals surface area contributed by atoms with Gasteiger partial charge in [0.15, 0.2) is 5.96 Å². The fourth-order valence-corrected chi connectivity index (χ4v) is 2.73. The molecule has 0 aliphatic rings. The predicted octanol–water partition coefficient (Wildman–Crippen LogP) is 1.76. The molecule has 1 aromatic rings. The van der Waals surface area contributed by atoms with E-state index in [0.29, 0.717) is 29.9 Å². The minimum Gasteiger partial charge on any atom is -0.386 e. The van der Waals surface area contributed by atoms with Crippen molar-refractivity contribution in [2.75, 3.05) is 26.2 Å². The molecule has 0 saturated carbocycles. The highest BCUT2D eigenvalue weighted by atomic mass is 35.5. The fourth-order valence-electron chi connectivity index (χ4n) is 1.69. The van der Waals surface area contributed by atoms with Gasteiger partial charge < -0.3 is 21.1 Å². The van der Waals surface area contributed by atoms with E-state index in [1.165, 1.54) is 11.3 Å². The summed E-state index contributed by atoms with van der Waals surface area (Å²) < 4.78 is 0.647. The number of nitrogens with one attached hydrogen (secondary N) is 3. The number of halogens is 1. The van der Waals surface area contributed by atoms with E-state index < -0.39 is 6.10 Å².